The molecule has 7 heteroatoms. The average Bonchev–Trinajstić information content (AvgIpc) is 3.08. The molecule has 0 spiro atoms. The smallest absolute Gasteiger partial charge is 0.261 e. The second-order valence-electron chi connectivity index (χ2n) is 6.51. The molecule has 0 saturated carbocycles. The number of thiophene rings is 1. The molecule has 26 heavy (non-hydrogen) atoms. The van der Waals surface area contributed by atoms with Crippen LogP contribution in [0.1, 0.15) is 24.5 Å². The second kappa shape index (κ2) is 8.99. The molecule has 1 saturated heterocycles. The molecule has 0 unspecified atom stereocenters. The minimum atomic E-state index is -3.56. The van der Waals surface area contributed by atoms with E-state index < -0.39 is 10.0 Å². The van der Waals surface area contributed by atoms with Crippen molar-refractivity contribution in [1.82, 2.24) is 4.90 Å². The highest BCUT2D eigenvalue weighted by Crippen LogP contribution is 2.25. The van der Waals surface area contributed by atoms with Gasteiger partial charge in [0.15, 0.2) is 0 Å². The van der Waals surface area contributed by atoms with Crippen LogP contribution in [0.15, 0.2) is 39.9 Å². The third-order valence-corrected chi connectivity index (χ3v) is 6.73. The topological polar surface area (TPSA) is 58.6 Å². The van der Waals surface area contributed by atoms with Crippen LogP contribution in [0.3, 0.4) is 0 Å². The van der Waals surface area contributed by atoms with Gasteiger partial charge in [0.1, 0.15) is 0 Å². The van der Waals surface area contributed by atoms with E-state index in [2.05, 4.69) is 16.5 Å². The van der Waals surface area contributed by atoms with Crippen molar-refractivity contribution < 1.29 is 13.2 Å². The maximum absolute atomic E-state index is 12.7. The largest absolute Gasteiger partial charge is 0.379 e. The zero-order chi connectivity index (χ0) is 18.4. The van der Waals surface area contributed by atoms with Crippen LogP contribution in [0.25, 0.3) is 0 Å². The number of hydrogen-bond donors (Lipinski definition) is 1. The first-order valence-corrected chi connectivity index (χ1v) is 11.5. The van der Waals surface area contributed by atoms with E-state index in [4.69, 9.17) is 4.74 Å². The molecule has 3 rings (SSSR count). The van der Waals surface area contributed by atoms with E-state index in [-0.39, 0.29) is 0 Å². The van der Waals surface area contributed by atoms with E-state index in [0.29, 0.717) is 10.6 Å². The Hall–Kier alpha value is -1.41. The first-order valence-electron chi connectivity index (χ1n) is 9.05. The van der Waals surface area contributed by atoms with Crippen LogP contribution in [-0.4, -0.2) is 46.2 Å². The lowest BCUT2D eigenvalue weighted by Crippen LogP contribution is -2.37. The summed E-state index contributed by atoms with van der Waals surface area (Å²) in [6.45, 7) is 6.46. The van der Waals surface area contributed by atoms with Crippen LogP contribution >= 0.6 is 11.3 Å². The molecular weight excluding hydrogens is 368 g/mol. The molecule has 1 N–H and O–H groups in total. The van der Waals surface area contributed by atoms with Crippen molar-refractivity contribution in [2.45, 2.75) is 31.1 Å². The summed E-state index contributed by atoms with van der Waals surface area (Å²) < 4.78 is 33.5. The highest BCUT2D eigenvalue weighted by atomic mass is 32.2. The predicted molar refractivity (Wildman–Crippen MR) is 107 cm³/mol. The number of morpholine rings is 1. The number of anilines is 1. The summed E-state index contributed by atoms with van der Waals surface area (Å²) in [7, 11) is -3.56. The lowest BCUT2D eigenvalue weighted by Gasteiger charge is -2.26. The van der Waals surface area contributed by atoms with Gasteiger partial charge in [-0.15, -0.1) is 11.3 Å². The van der Waals surface area contributed by atoms with Crippen LogP contribution in [0.2, 0.25) is 0 Å². The van der Waals surface area contributed by atoms with Crippen molar-refractivity contribution in [3.63, 3.8) is 0 Å². The number of benzene rings is 1. The molecule has 1 fully saturated rings. The summed E-state index contributed by atoms with van der Waals surface area (Å²) in [6.07, 6.45) is 2.84. The zero-order valence-corrected chi connectivity index (χ0v) is 16.7. The molecule has 0 atom stereocenters. The highest BCUT2D eigenvalue weighted by molar-refractivity contribution is 7.92. The van der Waals surface area contributed by atoms with Gasteiger partial charge < -0.3 is 4.74 Å². The standard InChI is InChI=1S/C19H26N2O3S2/c1-2-3-16-4-6-18(7-5-16)26(22,23)20-19-15-25-14-17(19)8-9-21-10-12-24-13-11-21/h4-7,14-15,20H,2-3,8-13H2,1H3. The Kier molecular flexibility index (Phi) is 6.69. The maximum atomic E-state index is 12.7. The minimum Gasteiger partial charge on any atom is -0.379 e. The Morgan fingerprint density at radius 1 is 1.12 bits per heavy atom. The van der Waals surface area contributed by atoms with Gasteiger partial charge in [-0.05, 0) is 41.5 Å². The molecule has 1 aliphatic rings. The van der Waals surface area contributed by atoms with Crippen LogP contribution < -0.4 is 4.72 Å². The third kappa shape index (κ3) is 5.07. The normalized spacial score (nSPS) is 15.9. The van der Waals surface area contributed by atoms with Gasteiger partial charge in [0.25, 0.3) is 10.0 Å². The highest BCUT2D eigenvalue weighted by Gasteiger charge is 2.17. The predicted octanol–water partition coefficient (Wildman–Crippen LogP) is 3.38. The number of hydrogen-bond acceptors (Lipinski definition) is 5. The zero-order valence-electron chi connectivity index (χ0n) is 15.1. The van der Waals surface area contributed by atoms with Crippen molar-refractivity contribution in [3.05, 3.63) is 46.2 Å². The summed E-state index contributed by atoms with van der Waals surface area (Å²) in [6, 6.07) is 7.16. The summed E-state index contributed by atoms with van der Waals surface area (Å²) >= 11 is 1.53. The molecule has 2 aromatic rings. The second-order valence-corrected chi connectivity index (χ2v) is 8.94. The van der Waals surface area contributed by atoms with Gasteiger partial charge in [0.2, 0.25) is 0 Å². The Labute approximate surface area is 160 Å². The van der Waals surface area contributed by atoms with Gasteiger partial charge in [-0.2, -0.15) is 0 Å². The van der Waals surface area contributed by atoms with Crippen molar-refractivity contribution in [2.24, 2.45) is 0 Å². The molecule has 0 amide bonds. The molecule has 1 aromatic carbocycles. The van der Waals surface area contributed by atoms with Crippen molar-refractivity contribution in [2.75, 3.05) is 37.6 Å². The Bertz CT molecular complexity index is 794. The van der Waals surface area contributed by atoms with Crippen LogP contribution in [0.4, 0.5) is 5.69 Å². The van der Waals surface area contributed by atoms with Crippen molar-refractivity contribution in [1.29, 1.82) is 0 Å². The van der Waals surface area contributed by atoms with Gasteiger partial charge >= 0.3 is 0 Å². The summed E-state index contributed by atoms with van der Waals surface area (Å²) in [4.78, 5) is 2.66. The molecular formula is C19H26N2O3S2. The van der Waals surface area contributed by atoms with Gasteiger partial charge in [-0.1, -0.05) is 25.5 Å². The van der Waals surface area contributed by atoms with E-state index in [0.717, 1.165) is 63.2 Å². The number of rotatable bonds is 8. The number of aryl methyl sites for hydroxylation is 1. The third-order valence-electron chi connectivity index (χ3n) is 4.56. The number of nitrogens with one attached hydrogen (secondary N) is 1. The van der Waals surface area contributed by atoms with Crippen molar-refractivity contribution in [3.8, 4) is 0 Å². The summed E-state index contributed by atoms with van der Waals surface area (Å²) in [5.41, 5.74) is 2.90. The van der Waals surface area contributed by atoms with E-state index in [1.165, 1.54) is 11.3 Å². The first kappa shape index (κ1) is 19.4. The first-order chi connectivity index (χ1) is 12.6. The van der Waals surface area contributed by atoms with Crippen molar-refractivity contribution >= 4 is 27.0 Å². The molecule has 142 valence electrons. The van der Waals surface area contributed by atoms with Gasteiger partial charge in [-0.25, -0.2) is 8.42 Å². The fourth-order valence-electron chi connectivity index (χ4n) is 3.04. The maximum Gasteiger partial charge on any atom is 0.261 e. The number of ether oxygens (including phenoxy) is 1. The lowest BCUT2D eigenvalue weighted by atomic mass is 10.1. The van der Waals surface area contributed by atoms with Gasteiger partial charge in [-0.3, -0.25) is 9.62 Å². The van der Waals surface area contributed by atoms with E-state index in [9.17, 15) is 8.42 Å². The Morgan fingerprint density at radius 3 is 2.54 bits per heavy atom. The fourth-order valence-corrected chi connectivity index (χ4v) is 5.03. The molecule has 0 aliphatic carbocycles. The average molecular weight is 395 g/mol. The number of nitrogens with zero attached hydrogens (tertiary/aromatic N) is 1. The molecule has 0 radical (unpaired) electrons. The van der Waals surface area contributed by atoms with E-state index >= 15 is 0 Å². The Balaban J connectivity index is 1.65. The molecule has 5 nitrogen and oxygen atoms in total. The molecule has 1 aliphatic heterocycles. The fraction of sp³-hybridized carbons (Fsp3) is 0.474. The monoisotopic (exact) mass is 394 g/mol. The van der Waals surface area contributed by atoms with Crippen LogP contribution in [0, 0.1) is 0 Å². The Morgan fingerprint density at radius 2 is 1.85 bits per heavy atom. The van der Waals surface area contributed by atoms with Gasteiger partial charge in [0, 0.05) is 25.0 Å². The molecule has 1 aromatic heterocycles. The number of sulfonamides is 1. The summed E-state index contributed by atoms with van der Waals surface area (Å²) in [5, 5.41) is 3.90. The minimum absolute atomic E-state index is 0.308. The van der Waals surface area contributed by atoms with E-state index in [1.54, 1.807) is 12.1 Å². The quantitative estimate of drug-likeness (QED) is 0.746. The van der Waals surface area contributed by atoms with E-state index in [1.807, 2.05) is 22.9 Å². The SMILES string of the molecule is CCCc1ccc(S(=O)(=O)Nc2cscc2CCN2CCOCC2)cc1. The lowest BCUT2D eigenvalue weighted by molar-refractivity contribution is 0.0385. The van der Waals surface area contributed by atoms with Crippen LogP contribution in [-0.2, 0) is 27.6 Å². The molecule has 2 heterocycles. The van der Waals surface area contributed by atoms with Gasteiger partial charge in [0.05, 0.1) is 23.8 Å². The van der Waals surface area contributed by atoms with Crippen LogP contribution in [0.5, 0.6) is 0 Å². The molecule has 0 bridgehead atoms. The summed E-state index contributed by atoms with van der Waals surface area (Å²) in [5.74, 6) is 0.